The minimum atomic E-state index is 0. The smallest absolute Gasteiger partial charge is 0.0963 e. The number of thioether (sulfide) groups is 1. The highest BCUT2D eigenvalue weighted by Gasteiger charge is 1.96. The normalized spacial score (nSPS) is 8.75. The highest BCUT2D eigenvalue weighted by Crippen LogP contribution is 2.18. The number of rotatable bonds is 3. The predicted octanol–water partition coefficient (Wildman–Crippen LogP) is 3.61. The van der Waals surface area contributed by atoms with E-state index in [-0.39, 0.29) is 24.8 Å². The lowest BCUT2D eigenvalue weighted by Crippen LogP contribution is -1.85. The second kappa shape index (κ2) is 8.39. The van der Waals surface area contributed by atoms with E-state index in [1.54, 1.807) is 18.0 Å². The Kier molecular flexibility index (Phi) is 7.99. The summed E-state index contributed by atoms with van der Waals surface area (Å²) in [6.45, 7) is 0. The summed E-state index contributed by atoms with van der Waals surface area (Å²) in [6.07, 6.45) is 3.62. The second-order valence-electron chi connectivity index (χ2n) is 2.78. The molecule has 0 aliphatic heterocycles. The van der Waals surface area contributed by atoms with Gasteiger partial charge in [0.25, 0.3) is 0 Å². The van der Waals surface area contributed by atoms with Gasteiger partial charge in [0, 0.05) is 18.1 Å². The summed E-state index contributed by atoms with van der Waals surface area (Å²) in [4.78, 5) is 8.47. The SMILES string of the molecule is Cl.Cl.c1ccc(CSc2ccccn2)nc1. The van der Waals surface area contributed by atoms with Crippen LogP contribution in [0.3, 0.4) is 0 Å². The van der Waals surface area contributed by atoms with Crippen LogP contribution >= 0.6 is 36.6 Å². The largest absolute Gasteiger partial charge is 0.260 e. The third kappa shape index (κ3) is 4.84. The fourth-order valence-electron chi connectivity index (χ4n) is 1.06. The Balaban J connectivity index is 0.00000112. The van der Waals surface area contributed by atoms with Crippen LogP contribution in [0.1, 0.15) is 5.69 Å². The molecule has 0 amide bonds. The van der Waals surface area contributed by atoms with Gasteiger partial charge in [0.05, 0.1) is 10.7 Å². The van der Waals surface area contributed by atoms with Crippen LogP contribution in [0.15, 0.2) is 53.8 Å². The van der Waals surface area contributed by atoms with Crippen LogP contribution in [-0.2, 0) is 5.75 Å². The lowest BCUT2D eigenvalue weighted by molar-refractivity contribution is 1.12. The van der Waals surface area contributed by atoms with E-state index < -0.39 is 0 Å². The van der Waals surface area contributed by atoms with Gasteiger partial charge in [0.15, 0.2) is 0 Å². The first-order valence-corrected chi connectivity index (χ1v) is 5.37. The molecule has 0 spiro atoms. The van der Waals surface area contributed by atoms with Gasteiger partial charge in [-0.15, -0.1) is 36.6 Å². The van der Waals surface area contributed by atoms with Crippen molar-refractivity contribution >= 4 is 36.6 Å². The average Bonchev–Trinajstić information content (AvgIpc) is 2.29. The molecule has 0 aliphatic rings. The van der Waals surface area contributed by atoms with E-state index in [1.165, 1.54) is 0 Å². The molecule has 0 fully saturated rings. The fraction of sp³-hybridized carbons (Fsp3) is 0.0909. The van der Waals surface area contributed by atoms with Crippen LogP contribution in [0.5, 0.6) is 0 Å². The summed E-state index contributed by atoms with van der Waals surface area (Å²) in [5.41, 5.74) is 1.09. The van der Waals surface area contributed by atoms with Gasteiger partial charge in [-0.25, -0.2) is 4.98 Å². The maximum absolute atomic E-state index is 4.25. The molecular weight excluding hydrogens is 263 g/mol. The highest BCUT2D eigenvalue weighted by molar-refractivity contribution is 7.98. The minimum absolute atomic E-state index is 0. The van der Waals surface area contributed by atoms with E-state index in [9.17, 15) is 0 Å². The lowest BCUT2D eigenvalue weighted by Gasteiger charge is -1.99. The van der Waals surface area contributed by atoms with Crippen LogP contribution in [0, 0.1) is 0 Å². The molecule has 0 aromatic carbocycles. The van der Waals surface area contributed by atoms with Crippen molar-refractivity contribution in [2.45, 2.75) is 10.8 Å². The molecule has 2 nitrogen and oxygen atoms in total. The number of aromatic nitrogens is 2. The number of halogens is 2. The van der Waals surface area contributed by atoms with Crippen LogP contribution in [-0.4, -0.2) is 9.97 Å². The molecule has 2 rings (SSSR count). The molecule has 0 atom stereocenters. The summed E-state index contributed by atoms with van der Waals surface area (Å²) in [6, 6.07) is 11.9. The van der Waals surface area contributed by atoms with Gasteiger partial charge in [0.1, 0.15) is 0 Å². The number of pyridine rings is 2. The van der Waals surface area contributed by atoms with Gasteiger partial charge < -0.3 is 0 Å². The zero-order valence-electron chi connectivity index (χ0n) is 8.45. The van der Waals surface area contributed by atoms with Crippen molar-refractivity contribution in [1.82, 2.24) is 9.97 Å². The van der Waals surface area contributed by atoms with Crippen molar-refractivity contribution in [3.63, 3.8) is 0 Å². The molecule has 2 aromatic rings. The van der Waals surface area contributed by atoms with E-state index >= 15 is 0 Å². The van der Waals surface area contributed by atoms with E-state index in [2.05, 4.69) is 9.97 Å². The van der Waals surface area contributed by atoms with E-state index in [0.29, 0.717) is 0 Å². The maximum atomic E-state index is 4.25. The molecular formula is C11H12Cl2N2S. The molecule has 5 heteroatoms. The summed E-state index contributed by atoms with van der Waals surface area (Å²) in [7, 11) is 0. The van der Waals surface area contributed by atoms with E-state index in [4.69, 9.17) is 0 Å². The van der Waals surface area contributed by atoms with Crippen molar-refractivity contribution < 1.29 is 0 Å². The third-order valence-corrected chi connectivity index (χ3v) is 2.71. The number of hydrogen-bond acceptors (Lipinski definition) is 3. The van der Waals surface area contributed by atoms with Crippen molar-refractivity contribution in [3.8, 4) is 0 Å². The van der Waals surface area contributed by atoms with Crippen molar-refractivity contribution in [2.75, 3.05) is 0 Å². The highest BCUT2D eigenvalue weighted by atomic mass is 35.5. The molecule has 2 heterocycles. The lowest BCUT2D eigenvalue weighted by atomic mass is 10.4. The molecule has 0 bridgehead atoms. The molecule has 16 heavy (non-hydrogen) atoms. The summed E-state index contributed by atoms with van der Waals surface area (Å²) in [5, 5.41) is 1.04. The first-order chi connectivity index (χ1) is 6.95. The predicted molar refractivity (Wildman–Crippen MR) is 72.5 cm³/mol. The van der Waals surface area contributed by atoms with Gasteiger partial charge in [-0.05, 0) is 24.3 Å². The topological polar surface area (TPSA) is 25.8 Å². The van der Waals surface area contributed by atoms with Crippen LogP contribution in [0.25, 0.3) is 0 Å². The van der Waals surface area contributed by atoms with Gasteiger partial charge in [-0.1, -0.05) is 12.1 Å². The van der Waals surface area contributed by atoms with E-state index in [0.717, 1.165) is 16.5 Å². The Morgan fingerprint density at radius 3 is 2.12 bits per heavy atom. The fourth-order valence-corrected chi connectivity index (χ4v) is 1.84. The second-order valence-corrected chi connectivity index (χ2v) is 3.77. The Morgan fingerprint density at radius 2 is 1.56 bits per heavy atom. The van der Waals surface area contributed by atoms with Crippen LogP contribution in [0.4, 0.5) is 0 Å². The van der Waals surface area contributed by atoms with Crippen molar-refractivity contribution in [1.29, 1.82) is 0 Å². The molecule has 0 aliphatic carbocycles. The first kappa shape index (κ1) is 15.2. The van der Waals surface area contributed by atoms with Crippen molar-refractivity contribution in [3.05, 3.63) is 54.5 Å². The Hall–Kier alpha value is -0.770. The van der Waals surface area contributed by atoms with Gasteiger partial charge in [-0.2, -0.15) is 0 Å². The summed E-state index contributed by atoms with van der Waals surface area (Å²) < 4.78 is 0. The molecule has 0 radical (unpaired) electrons. The Bertz CT molecular complexity index is 344. The van der Waals surface area contributed by atoms with Gasteiger partial charge >= 0.3 is 0 Å². The number of hydrogen-bond donors (Lipinski definition) is 0. The monoisotopic (exact) mass is 274 g/mol. The average molecular weight is 275 g/mol. The maximum Gasteiger partial charge on any atom is 0.0963 e. The van der Waals surface area contributed by atoms with Crippen LogP contribution in [0.2, 0.25) is 0 Å². The molecule has 0 saturated heterocycles. The molecule has 2 aromatic heterocycles. The summed E-state index contributed by atoms with van der Waals surface area (Å²) >= 11 is 1.70. The third-order valence-electron chi connectivity index (χ3n) is 1.73. The number of nitrogens with zero attached hydrogens (tertiary/aromatic N) is 2. The van der Waals surface area contributed by atoms with E-state index in [1.807, 2.05) is 42.6 Å². The quantitative estimate of drug-likeness (QED) is 0.800. The molecule has 86 valence electrons. The van der Waals surface area contributed by atoms with Crippen molar-refractivity contribution in [2.24, 2.45) is 0 Å². The Morgan fingerprint density at radius 1 is 0.875 bits per heavy atom. The van der Waals surface area contributed by atoms with Gasteiger partial charge in [0.2, 0.25) is 0 Å². The first-order valence-electron chi connectivity index (χ1n) is 4.39. The molecule has 0 saturated carbocycles. The van der Waals surface area contributed by atoms with Crippen LogP contribution < -0.4 is 0 Å². The zero-order chi connectivity index (χ0) is 9.64. The summed E-state index contributed by atoms with van der Waals surface area (Å²) in [5.74, 6) is 0.873. The standard InChI is InChI=1S/C11H10N2S.2ClH/c1-3-7-12-10(5-1)9-14-11-6-2-4-8-13-11;;/h1-8H,9H2;2*1H. The van der Waals surface area contributed by atoms with Gasteiger partial charge in [-0.3, -0.25) is 4.98 Å². The minimum Gasteiger partial charge on any atom is -0.260 e. The molecule has 0 unspecified atom stereocenters. The molecule has 0 N–H and O–H groups in total. The zero-order valence-corrected chi connectivity index (χ0v) is 10.9. The Labute approximate surface area is 112 Å².